The Morgan fingerprint density at radius 3 is 2.53 bits per heavy atom. The van der Waals surface area contributed by atoms with Gasteiger partial charge in [-0.15, -0.1) is 0 Å². The molecule has 1 aromatic heterocycles. The molecule has 4 nitrogen and oxygen atoms in total. The van der Waals surface area contributed by atoms with Gasteiger partial charge in [0.05, 0.1) is 6.10 Å². The minimum absolute atomic E-state index is 0.0614. The number of amides is 1. The van der Waals surface area contributed by atoms with Gasteiger partial charge in [0.2, 0.25) is 0 Å². The van der Waals surface area contributed by atoms with Crippen molar-refractivity contribution in [3.8, 4) is 5.75 Å². The van der Waals surface area contributed by atoms with Gasteiger partial charge in [-0.05, 0) is 12.8 Å². The topological polar surface area (TPSA) is 42.4 Å². The Bertz CT molecular complexity index is 496. The molecule has 2 rings (SSSR count). The van der Waals surface area contributed by atoms with Crippen molar-refractivity contribution >= 4 is 5.91 Å². The van der Waals surface area contributed by atoms with Crippen LogP contribution in [0.4, 0.5) is 13.2 Å². The maximum atomic E-state index is 12.8. The van der Waals surface area contributed by atoms with Gasteiger partial charge >= 0.3 is 6.18 Å². The van der Waals surface area contributed by atoms with Crippen LogP contribution >= 0.6 is 0 Å². The summed E-state index contributed by atoms with van der Waals surface area (Å²) in [6, 6.07) is 1.06. The van der Waals surface area contributed by atoms with Crippen molar-refractivity contribution in [2.75, 3.05) is 14.1 Å². The zero-order valence-corrected chi connectivity index (χ0v) is 10.5. The molecule has 1 heterocycles. The van der Waals surface area contributed by atoms with Gasteiger partial charge in [-0.1, -0.05) is 0 Å². The van der Waals surface area contributed by atoms with Crippen molar-refractivity contribution in [1.82, 2.24) is 9.88 Å². The van der Waals surface area contributed by atoms with E-state index in [4.69, 9.17) is 4.74 Å². The quantitative estimate of drug-likeness (QED) is 0.849. The Morgan fingerprint density at radius 1 is 1.42 bits per heavy atom. The van der Waals surface area contributed by atoms with Gasteiger partial charge in [0.25, 0.3) is 5.91 Å². The molecule has 0 saturated heterocycles. The van der Waals surface area contributed by atoms with Crippen LogP contribution in [0.3, 0.4) is 0 Å². The molecule has 19 heavy (non-hydrogen) atoms. The molecule has 1 aliphatic carbocycles. The predicted molar refractivity (Wildman–Crippen MR) is 60.9 cm³/mol. The van der Waals surface area contributed by atoms with Gasteiger partial charge in [-0.25, -0.2) is 0 Å². The number of pyridine rings is 1. The Kier molecular flexibility index (Phi) is 3.38. The summed E-state index contributed by atoms with van der Waals surface area (Å²) < 4.78 is 43.6. The van der Waals surface area contributed by atoms with Crippen molar-refractivity contribution in [2.24, 2.45) is 0 Å². The van der Waals surface area contributed by atoms with Crippen LogP contribution in [-0.2, 0) is 6.18 Å². The highest BCUT2D eigenvalue weighted by atomic mass is 19.4. The van der Waals surface area contributed by atoms with Crippen molar-refractivity contribution in [3.63, 3.8) is 0 Å². The molecule has 104 valence electrons. The molecule has 1 fully saturated rings. The maximum Gasteiger partial charge on any atom is 0.421 e. The third kappa shape index (κ3) is 3.15. The minimum atomic E-state index is -4.54. The third-order valence-electron chi connectivity index (χ3n) is 2.61. The molecule has 0 aromatic carbocycles. The van der Waals surface area contributed by atoms with Gasteiger partial charge in [-0.2, -0.15) is 13.2 Å². The second-order valence-corrected chi connectivity index (χ2v) is 4.58. The molecule has 1 amide bonds. The standard InChI is InChI=1S/C12H13F3N2O2/c1-17(2)11(18)9-5-10(19-7-3-4-7)8(6-16-9)12(13,14)15/h5-7H,3-4H2,1-2H3. The fourth-order valence-corrected chi connectivity index (χ4v) is 1.46. The first-order valence-corrected chi connectivity index (χ1v) is 5.74. The average molecular weight is 274 g/mol. The highest BCUT2D eigenvalue weighted by molar-refractivity contribution is 5.92. The highest BCUT2D eigenvalue weighted by Gasteiger charge is 2.37. The molecule has 0 spiro atoms. The number of carbonyl (C=O) groups is 1. The summed E-state index contributed by atoms with van der Waals surface area (Å²) in [5, 5.41) is 0. The van der Waals surface area contributed by atoms with E-state index < -0.39 is 17.6 Å². The second kappa shape index (κ2) is 4.71. The molecule has 0 bridgehead atoms. The molecular weight excluding hydrogens is 261 g/mol. The van der Waals surface area contributed by atoms with Crippen LogP contribution in [0.15, 0.2) is 12.3 Å². The Balaban J connectivity index is 2.37. The van der Waals surface area contributed by atoms with Crippen LogP contribution < -0.4 is 4.74 Å². The number of halogens is 3. The number of hydrogen-bond donors (Lipinski definition) is 0. The molecule has 0 aliphatic heterocycles. The summed E-state index contributed by atoms with van der Waals surface area (Å²) >= 11 is 0. The highest BCUT2D eigenvalue weighted by Crippen LogP contribution is 2.38. The molecule has 1 aliphatic rings. The molecule has 1 aromatic rings. The summed E-state index contributed by atoms with van der Waals surface area (Å²) in [4.78, 5) is 16.5. The van der Waals surface area contributed by atoms with Crippen LogP contribution in [0.5, 0.6) is 5.75 Å². The van der Waals surface area contributed by atoms with Crippen LogP contribution in [0.2, 0.25) is 0 Å². The van der Waals surface area contributed by atoms with E-state index in [0.29, 0.717) is 6.20 Å². The maximum absolute atomic E-state index is 12.8. The molecular formula is C12H13F3N2O2. The zero-order valence-electron chi connectivity index (χ0n) is 10.5. The number of rotatable bonds is 3. The average Bonchev–Trinajstić information content (AvgIpc) is 3.10. The van der Waals surface area contributed by atoms with Crippen molar-refractivity contribution in [2.45, 2.75) is 25.1 Å². The lowest BCUT2D eigenvalue weighted by Crippen LogP contribution is -2.23. The number of nitrogens with zero attached hydrogens (tertiary/aromatic N) is 2. The van der Waals surface area contributed by atoms with E-state index in [1.807, 2.05) is 0 Å². The normalized spacial score (nSPS) is 15.2. The van der Waals surface area contributed by atoms with Gasteiger partial charge in [0.1, 0.15) is 17.0 Å². The van der Waals surface area contributed by atoms with Gasteiger partial charge in [0.15, 0.2) is 0 Å². The summed E-state index contributed by atoms with van der Waals surface area (Å²) in [6.45, 7) is 0. The molecule has 7 heteroatoms. The fraction of sp³-hybridized carbons (Fsp3) is 0.500. The lowest BCUT2D eigenvalue weighted by atomic mass is 10.2. The molecule has 1 saturated carbocycles. The summed E-state index contributed by atoms with van der Waals surface area (Å²) in [7, 11) is 3.01. The lowest BCUT2D eigenvalue weighted by molar-refractivity contribution is -0.139. The Hall–Kier alpha value is -1.79. The predicted octanol–water partition coefficient (Wildman–Crippen LogP) is 2.34. The second-order valence-electron chi connectivity index (χ2n) is 4.58. The first-order chi connectivity index (χ1) is 8.79. The van der Waals surface area contributed by atoms with Crippen molar-refractivity contribution < 1.29 is 22.7 Å². The fourth-order valence-electron chi connectivity index (χ4n) is 1.46. The molecule has 0 N–H and O–H groups in total. The first-order valence-electron chi connectivity index (χ1n) is 5.74. The summed E-state index contributed by atoms with van der Waals surface area (Å²) in [6.07, 6.45) is -2.62. The van der Waals surface area contributed by atoms with E-state index in [-0.39, 0.29) is 17.5 Å². The SMILES string of the molecule is CN(C)C(=O)c1cc(OC2CC2)c(C(F)(F)F)cn1. The van der Waals surface area contributed by atoms with E-state index in [1.54, 1.807) is 0 Å². The van der Waals surface area contributed by atoms with Crippen LogP contribution in [-0.4, -0.2) is 36.0 Å². The third-order valence-corrected chi connectivity index (χ3v) is 2.61. The van der Waals surface area contributed by atoms with Crippen LogP contribution in [0.1, 0.15) is 28.9 Å². The van der Waals surface area contributed by atoms with E-state index in [1.165, 1.54) is 19.0 Å². The van der Waals surface area contributed by atoms with E-state index >= 15 is 0 Å². The van der Waals surface area contributed by atoms with E-state index in [2.05, 4.69) is 4.98 Å². The van der Waals surface area contributed by atoms with Crippen molar-refractivity contribution in [1.29, 1.82) is 0 Å². The smallest absolute Gasteiger partial charge is 0.421 e. The van der Waals surface area contributed by atoms with Gasteiger partial charge in [0, 0.05) is 26.4 Å². The zero-order chi connectivity index (χ0) is 14.2. The van der Waals surface area contributed by atoms with E-state index in [9.17, 15) is 18.0 Å². The number of hydrogen-bond acceptors (Lipinski definition) is 3. The number of carbonyl (C=O) groups excluding carboxylic acids is 1. The number of ether oxygens (including phenoxy) is 1. The largest absolute Gasteiger partial charge is 0.490 e. The summed E-state index contributed by atoms with van der Waals surface area (Å²) in [5.74, 6) is -0.787. The Morgan fingerprint density at radius 2 is 2.05 bits per heavy atom. The monoisotopic (exact) mass is 274 g/mol. The number of aromatic nitrogens is 1. The summed E-state index contributed by atoms with van der Waals surface area (Å²) in [5.41, 5.74) is -1.01. The lowest BCUT2D eigenvalue weighted by Gasteiger charge is -2.15. The number of alkyl halides is 3. The molecule has 0 unspecified atom stereocenters. The van der Waals surface area contributed by atoms with Crippen molar-refractivity contribution in [3.05, 3.63) is 23.5 Å². The minimum Gasteiger partial charge on any atom is -0.490 e. The first kappa shape index (κ1) is 13.6. The Labute approximate surface area is 108 Å². The molecule has 0 atom stereocenters. The van der Waals surface area contributed by atoms with Gasteiger partial charge < -0.3 is 9.64 Å². The van der Waals surface area contributed by atoms with Crippen LogP contribution in [0.25, 0.3) is 0 Å². The van der Waals surface area contributed by atoms with Crippen LogP contribution in [0, 0.1) is 0 Å². The van der Waals surface area contributed by atoms with Gasteiger partial charge in [-0.3, -0.25) is 9.78 Å². The van der Waals surface area contributed by atoms with E-state index in [0.717, 1.165) is 18.9 Å². The molecule has 0 radical (unpaired) electrons.